The predicted octanol–water partition coefficient (Wildman–Crippen LogP) is -1.68. The lowest BCUT2D eigenvalue weighted by atomic mass is 9.94. The van der Waals surface area contributed by atoms with Crippen LogP contribution in [0.15, 0.2) is 0 Å². The number of aliphatic hydroxyl groups excluding tert-OH is 3. The average Bonchev–Trinajstić information content (AvgIpc) is 2.26. The largest absolute Gasteiger partial charge is 0.394 e. The third-order valence-corrected chi connectivity index (χ3v) is 2.87. The first-order chi connectivity index (χ1) is 8.65. The van der Waals surface area contributed by atoms with Crippen LogP contribution in [0.4, 0.5) is 0 Å². The van der Waals surface area contributed by atoms with E-state index in [9.17, 15) is 15.0 Å². The molecule has 5 N–H and O–H groups in total. The molecule has 1 heterocycles. The minimum atomic E-state index is -1.25. The Kier molecular flexibility index (Phi) is 5.28. The molecule has 7 heteroatoms. The molecule has 0 aromatic carbocycles. The van der Waals surface area contributed by atoms with Crippen molar-refractivity contribution < 1.29 is 24.9 Å². The summed E-state index contributed by atoms with van der Waals surface area (Å²) in [5.41, 5.74) is -0.316. The van der Waals surface area contributed by atoms with Gasteiger partial charge < -0.3 is 25.4 Å². The van der Waals surface area contributed by atoms with Crippen LogP contribution in [0.1, 0.15) is 27.7 Å². The Labute approximate surface area is 113 Å². The summed E-state index contributed by atoms with van der Waals surface area (Å²) in [6, 6.07) is -0.783. The van der Waals surface area contributed by atoms with Gasteiger partial charge in [0.25, 0.3) is 0 Å². The molecule has 0 saturated carbocycles. The summed E-state index contributed by atoms with van der Waals surface area (Å²) in [4.78, 5) is 11.2. The fourth-order valence-electron chi connectivity index (χ4n) is 2.06. The smallest absolute Gasteiger partial charge is 0.217 e. The van der Waals surface area contributed by atoms with E-state index in [1.54, 1.807) is 0 Å². The van der Waals surface area contributed by atoms with E-state index in [2.05, 4.69) is 10.6 Å². The summed E-state index contributed by atoms with van der Waals surface area (Å²) in [6.45, 7) is 6.64. The van der Waals surface area contributed by atoms with Crippen molar-refractivity contribution in [2.45, 2.75) is 63.8 Å². The van der Waals surface area contributed by atoms with Crippen LogP contribution >= 0.6 is 0 Å². The highest BCUT2D eigenvalue weighted by Crippen LogP contribution is 2.21. The van der Waals surface area contributed by atoms with Gasteiger partial charge in [0.2, 0.25) is 5.91 Å². The SMILES string of the molecule is CC(=O)N[C@@H]1[C@@H](O)[C@@H](O)[C@@H](CO)O[C@@H]1NC(C)(C)C. The second kappa shape index (κ2) is 6.15. The second-order valence-corrected chi connectivity index (χ2v) is 5.88. The number of hydrogen-bond acceptors (Lipinski definition) is 6. The Morgan fingerprint density at radius 2 is 1.84 bits per heavy atom. The molecule has 5 atom stereocenters. The topological polar surface area (TPSA) is 111 Å². The Balaban J connectivity index is 2.89. The van der Waals surface area contributed by atoms with Gasteiger partial charge in [0.15, 0.2) is 0 Å². The molecule has 1 amide bonds. The summed E-state index contributed by atoms with van der Waals surface area (Å²) in [6.07, 6.45) is -4.05. The van der Waals surface area contributed by atoms with Crippen molar-refractivity contribution >= 4 is 5.91 Å². The van der Waals surface area contributed by atoms with Crippen LogP contribution in [-0.2, 0) is 9.53 Å². The highest BCUT2D eigenvalue weighted by atomic mass is 16.5. The van der Waals surface area contributed by atoms with Crippen LogP contribution in [0.3, 0.4) is 0 Å². The van der Waals surface area contributed by atoms with Gasteiger partial charge in [0.1, 0.15) is 24.5 Å². The molecule has 0 spiro atoms. The Bertz CT molecular complexity index is 318. The zero-order valence-corrected chi connectivity index (χ0v) is 11.8. The van der Waals surface area contributed by atoms with Crippen molar-refractivity contribution in [3.05, 3.63) is 0 Å². The lowest BCUT2D eigenvalue weighted by Crippen LogP contribution is -2.69. The number of hydrogen-bond donors (Lipinski definition) is 5. The minimum absolute atomic E-state index is 0.316. The van der Waals surface area contributed by atoms with E-state index in [0.29, 0.717) is 0 Å². The van der Waals surface area contributed by atoms with Crippen molar-refractivity contribution in [3.8, 4) is 0 Å². The number of aliphatic hydroxyl groups is 3. The summed E-state index contributed by atoms with van der Waals surface area (Å²) in [5.74, 6) is -0.331. The maximum Gasteiger partial charge on any atom is 0.217 e. The maximum absolute atomic E-state index is 11.2. The van der Waals surface area contributed by atoms with Gasteiger partial charge in [-0.3, -0.25) is 10.1 Å². The molecule has 1 fully saturated rings. The molecule has 19 heavy (non-hydrogen) atoms. The van der Waals surface area contributed by atoms with E-state index in [4.69, 9.17) is 9.84 Å². The molecule has 1 saturated heterocycles. The molecule has 0 aliphatic carbocycles. The van der Waals surface area contributed by atoms with Crippen LogP contribution in [0, 0.1) is 0 Å². The molecule has 7 nitrogen and oxygen atoms in total. The standard InChI is InChI=1S/C12H24N2O5/c1-6(16)13-8-10(18)9(17)7(5-15)19-11(8)14-12(2,3)4/h7-11,14-15,17-18H,5H2,1-4H3,(H,13,16)/t7-,8-,9+,10-,11+/m1/s1. The number of carbonyl (C=O) groups excluding carboxylic acids is 1. The number of carbonyl (C=O) groups is 1. The summed E-state index contributed by atoms with van der Waals surface area (Å²) < 4.78 is 5.52. The second-order valence-electron chi connectivity index (χ2n) is 5.88. The van der Waals surface area contributed by atoms with Crippen molar-refractivity contribution in [3.63, 3.8) is 0 Å². The number of amides is 1. The first-order valence-corrected chi connectivity index (χ1v) is 6.33. The molecule has 0 radical (unpaired) electrons. The summed E-state index contributed by atoms with van der Waals surface area (Å²) in [5, 5.41) is 34.7. The average molecular weight is 276 g/mol. The van der Waals surface area contributed by atoms with Gasteiger partial charge in [-0.15, -0.1) is 0 Å². The van der Waals surface area contributed by atoms with Gasteiger partial charge in [0, 0.05) is 12.5 Å². The lowest BCUT2D eigenvalue weighted by Gasteiger charge is -2.45. The molecule has 1 aliphatic heterocycles. The van der Waals surface area contributed by atoms with E-state index in [1.807, 2.05) is 20.8 Å². The molecule has 1 aliphatic rings. The van der Waals surface area contributed by atoms with Gasteiger partial charge in [-0.25, -0.2) is 0 Å². The Hall–Kier alpha value is -0.730. The van der Waals surface area contributed by atoms with Crippen LogP contribution in [0.2, 0.25) is 0 Å². The molecular formula is C12H24N2O5. The van der Waals surface area contributed by atoms with Crippen molar-refractivity contribution in [2.75, 3.05) is 6.61 Å². The van der Waals surface area contributed by atoms with Gasteiger partial charge in [-0.2, -0.15) is 0 Å². The van der Waals surface area contributed by atoms with Gasteiger partial charge in [-0.05, 0) is 20.8 Å². The van der Waals surface area contributed by atoms with Crippen molar-refractivity contribution in [2.24, 2.45) is 0 Å². The zero-order valence-electron chi connectivity index (χ0n) is 11.8. The highest BCUT2D eigenvalue weighted by Gasteiger charge is 2.45. The summed E-state index contributed by atoms with van der Waals surface area (Å²) in [7, 11) is 0. The van der Waals surface area contributed by atoms with Crippen LogP contribution in [0.5, 0.6) is 0 Å². The van der Waals surface area contributed by atoms with E-state index >= 15 is 0 Å². The molecule has 0 bridgehead atoms. The van der Waals surface area contributed by atoms with Crippen LogP contribution in [-0.4, -0.2) is 64.0 Å². The lowest BCUT2D eigenvalue weighted by molar-refractivity contribution is -0.206. The van der Waals surface area contributed by atoms with Gasteiger partial charge in [-0.1, -0.05) is 0 Å². The van der Waals surface area contributed by atoms with E-state index in [1.165, 1.54) is 6.92 Å². The number of ether oxygens (including phenoxy) is 1. The fraction of sp³-hybridized carbons (Fsp3) is 0.917. The van der Waals surface area contributed by atoms with Crippen LogP contribution < -0.4 is 10.6 Å². The fourth-order valence-corrected chi connectivity index (χ4v) is 2.06. The monoisotopic (exact) mass is 276 g/mol. The first-order valence-electron chi connectivity index (χ1n) is 6.33. The zero-order chi connectivity index (χ0) is 14.8. The molecule has 112 valence electrons. The highest BCUT2D eigenvalue weighted by molar-refractivity contribution is 5.73. The quantitative estimate of drug-likeness (QED) is 0.421. The van der Waals surface area contributed by atoms with Crippen LogP contribution in [0.25, 0.3) is 0 Å². The first kappa shape index (κ1) is 16.3. The third-order valence-electron chi connectivity index (χ3n) is 2.87. The minimum Gasteiger partial charge on any atom is -0.394 e. The van der Waals surface area contributed by atoms with Gasteiger partial charge >= 0.3 is 0 Å². The molecule has 0 aromatic heterocycles. The molecule has 1 rings (SSSR count). The maximum atomic E-state index is 11.2. The Morgan fingerprint density at radius 3 is 2.26 bits per heavy atom. The predicted molar refractivity (Wildman–Crippen MR) is 68.3 cm³/mol. The number of rotatable bonds is 3. The van der Waals surface area contributed by atoms with E-state index in [0.717, 1.165) is 0 Å². The summed E-state index contributed by atoms with van der Waals surface area (Å²) >= 11 is 0. The van der Waals surface area contributed by atoms with E-state index < -0.39 is 37.2 Å². The van der Waals surface area contributed by atoms with Gasteiger partial charge in [0.05, 0.1) is 12.6 Å². The number of nitrogens with one attached hydrogen (secondary N) is 2. The van der Waals surface area contributed by atoms with Crippen molar-refractivity contribution in [1.29, 1.82) is 0 Å². The van der Waals surface area contributed by atoms with E-state index in [-0.39, 0.29) is 11.4 Å². The Morgan fingerprint density at radius 1 is 1.26 bits per heavy atom. The van der Waals surface area contributed by atoms with Crippen molar-refractivity contribution in [1.82, 2.24) is 10.6 Å². The molecular weight excluding hydrogens is 252 g/mol. The molecule has 0 aromatic rings. The normalized spacial score (nSPS) is 36.1. The molecule has 0 unspecified atom stereocenters. The third kappa shape index (κ3) is 4.39.